The van der Waals surface area contributed by atoms with Crippen LogP contribution in [-0.4, -0.2) is 41.1 Å². The molecule has 0 saturated carbocycles. The topological polar surface area (TPSA) is 37.4 Å². The van der Waals surface area contributed by atoms with Gasteiger partial charge in [0.15, 0.2) is 0 Å². The van der Waals surface area contributed by atoms with Gasteiger partial charge in [0, 0.05) is 12.0 Å². The van der Waals surface area contributed by atoms with Gasteiger partial charge < -0.3 is 0 Å². The van der Waals surface area contributed by atoms with E-state index in [1.807, 2.05) is 13.8 Å². The van der Waals surface area contributed by atoms with Crippen LogP contribution in [0, 0.1) is 0 Å². The normalized spacial score (nSPS) is 19.4. The summed E-state index contributed by atoms with van der Waals surface area (Å²) in [7, 11) is 2.16. The largest absolute Gasteiger partial charge is 0.276 e. The molecule has 0 spiro atoms. The minimum Gasteiger partial charge on any atom is -0.276 e. The summed E-state index contributed by atoms with van der Waals surface area (Å²) in [6.45, 7) is 10.6. The zero-order valence-electron chi connectivity index (χ0n) is 16.6. The summed E-state index contributed by atoms with van der Waals surface area (Å²) >= 11 is 1.69. The minimum absolute atomic E-state index is 0.00898. The SMILES string of the molecule is BC(C)(C)CC(C)(C)N1C(=O)CC(SCCCCCCCC)C1=O. The second-order valence-corrected chi connectivity index (χ2v) is 10.3. The Bertz CT molecular complexity index is 432. The van der Waals surface area contributed by atoms with Crippen molar-refractivity contribution in [3.05, 3.63) is 0 Å². The molecule has 3 nitrogen and oxygen atoms in total. The van der Waals surface area contributed by atoms with Crippen molar-refractivity contribution in [1.82, 2.24) is 4.90 Å². The molecule has 0 radical (unpaired) electrons. The molecular formula is C19H36BNO2S. The van der Waals surface area contributed by atoms with Crippen LogP contribution in [0.3, 0.4) is 0 Å². The van der Waals surface area contributed by atoms with Crippen molar-refractivity contribution in [2.45, 2.75) is 102 Å². The lowest BCUT2D eigenvalue weighted by Crippen LogP contribution is -2.49. The highest BCUT2D eigenvalue weighted by Crippen LogP contribution is 2.38. The third-order valence-electron chi connectivity index (χ3n) is 4.49. The molecule has 0 aromatic carbocycles. The summed E-state index contributed by atoms with van der Waals surface area (Å²) in [6.07, 6.45) is 8.79. The second-order valence-electron chi connectivity index (χ2n) is 8.95. The molecule has 1 unspecified atom stereocenters. The van der Waals surface area contributed by atoms with Crippen LogP contribution < -0.4 is 0 Å². The summed E-state index contributed by atoms with van der Waals surface area (Å²) in [5.41, 5.74) is -0.401. The molecule has 0 aliphatic carbocycles. The summed E-state index contributed by atoms with van der Waals surface area (Å²) in [6, 6.07) is 0. The molecule has 1 aliphatic rings. The van der Waals surface area contributed by atoms with Crippen LogP contribution >= 0.6 is 11.8 Å². The molecule has 138 valence electrons. The van der Waals surface area contributed by atoms with Gasteiger partial charge in [-0.3, -0.25) is 14.5 Å². The first-order valence-corrected chi connectivity index (χ1v) is 10.6. The number of hydrogen-bond acceptors (Lipinski definition) is 3. The van der Waals surface area contributed by atoms with E-state index in [4.69, 9.17) is 0 Å². The van der Waals surface area contributed by atoms with Gasteiger partial charge >= 0.3 is 0 Å². The number of amides is 2. The van der Waals surface area contributed by atoms with Crippen LogP contribution in [0.1, 0.15) is 86.0 Å². The van der Waals surface area contributed by atoms with Gasteiger partial charge in [-0.25, -0.2) is 0 Å². The van der Waals surface area contributed by atoms with Crippen molar-refractivity contribution in [2.24, 2.45) is 0 Å². The Hall–Kier alpha value is -0.445. The average molecular weight is 353 g/mol. The second kappa shape index (κ2) is 9.31. The first-order valence-electron chi connectivity index (χ1n) is 9.57. The molecule has 1 saturated heterocycles. The third-order valence-corrected chi connectivity index (χ3v) is 5.79. The van der Waals surface area contributed by atoms with Gasteiger partial charge in [0.05, 0.1) is 5.25 Å². The Morgan fingerprint density at radius 1 is 1.08 bits per heavy atom. The number of carbonyl (C=O) groups is 2. The summed E-state index contributed by atoms with van der Waals surface area (Å²) in [4.78, 5) is 26.7. The highest BCUT2D eigenvalue weighted by Gasteiger charge is 2.46. The molecule has 0 bridgehead atoms. The van der Waals surface area contributed by atoms with Crippen molar-refractivity contribution < 1.29 is 9.59 Å². The molecule has 5 heteroatoms. The van der Waals surface area contributed by atoms with Crippen LogP contribution in [0.2, 0.25) is 5.31 Å². The van der Waals surface area contributed by atoms with E-state index in [0.29, 0.717) is 6.42 Å². The first kappa shape index (κ1) is 21.6. The van der Waals surface area contributed by atoms with E-state index >= 15 is 0 Å². The van der Waals surface area contributed by atoms with Crippen LogP contribution in [0.25, 0.3) is 0 Å². The van der Waals surface area contributed by atoms with Crippen molar-refractivity contribution in [1.29, 1.82) is 0 Å². The van der Waals surface area contributed by atoms with Crippen molar-refractivity contribution in [3.8, 4) is 0 Å². The third kappa shape index (κ3) is 6.82. The molecule has 1 aliphatic heterocycles. The lowest BCUT2D eigenvalue weighted by molar-refractivity contribution is -0.144. The molecule has 0 aromatic heterocycles. The zero-order chi connectivity index (χ0) is 18.4. The van der Waals surface area contributed by atoms with Gasteiger partial charge in [-0.15, -0.1) is 11.8 Å². The fourth-order valence-corrected chi connectivity index (χ4v) is 5.02. The van der Waals surface area contributed by atoms with Gasteiger partial charge in [0.25, 0.3) is 0 Å². The highest BCUT2D eigenvalue weighted by molar-refractivity contribution is 8.00. The van der Waals surface area contributed by atoms with Crippen LogP contribution in [0.4, 0.5) is 0 Å². The number of likely N-dealkylation sites (tertiary alicyclic amines) is 1. The van der Waals surface area contributed by atoms with Gasteiger partial charge in [-0.1, -0.05) is 58.2 Å². The van der Waals surface area contributed by atoms with E-state index in [1.54, 1.807) is 16.7 Å². The number of hydrogen-bond donors (Lipinski definition) is 0. The van der Waals surface area contributed by atoms with Gasteiger partial charge in [0.1, 0.15) is 7.85 Å². The molecule has 1 rings (SSSR count). The van der Waals surface area contributed by atoms with Gasteiger partial charge in [0.2, 0.25) is 11.8 Å². The smallest absolute Gasteiger partial charge is 0.243 e. The fraction of sp³-hybridized carbons (Fsp3) is 0.895. The number of imide groups is 1. The van der Waals surface area contributed by atoms with Gasteiger partial charge in [-0.05, 0) is 32.4 Å². The zero-order valence-corrected chi connectivity index (χ0v) is 17.4. The predicted molar refractivity (Wildman–Crippen MR) is 107 cm³/mol. The Balaban J connectivity index is 2.46. The van der Waals surface area contributed by atoms with Crippen LogP contribution in [-0.2, 0) is 9.59 Å². The van der Waals surface area contributed by atoms with Gasteiger partial charge in [-0.2, -0.15) is 0 Å². The Morgan fingerprint density at radius 2 is 1.67 bits per heavy atom. The molecule has 1 heterocycles. The molecule has 1 atom stereocenters. The molecule has 0 N–H and O–H groups in total. The molecule has 0 aromatic rings. The molecule has 24 heavy (non-hydrogen) atoms. The number of carbonyl (C=O) groups excluding carboxylic acids is 2. The minimum atomic E-state index is -0.401. The number of nitrogens with zero attached hydrogens (tertiary/aromatic N) is 1. The Morgan fingerprint density at radius 3 is 2.25 bits per heavy atom. The van der Waals surface area contributed by atoms with E-state index in [1.165, 1.54) is 32.1 Å². The van der Waals surface area contributed by atoms with E-state index in [0.717, 1.165) is 18.6 Å². The van der Waals surface area contributed by atoms with Crippen molar-refractivity contribution >= 4 is 31.4 Å². The maximum atomic E-state index is 12.7. The Labute approximate surface area is 154 Å². The number of thioether (sulfide) groups is 1. The maximum absolute atomic E-state index is 12.7. The quantitative estimate of drug-likeness (QED) is 0.317. The summed E-state index contributed by atoms with van der Waals surface area (Å²) in [5.74, 6) is 1.03. The van der Waals surface area contributed by atoms with Crippen molar-refractivity contribution in [3.63, 3.8) is 0 Å². The molecule has 1 fully saturated rings. The summed E-state index contributed by atoms with van der Waals surface area (Å²) < 4.78 is 0. The van der Waals surface area contributed by atoms with Crippen LogP contribution in [0.5, 0.6) is 0 Å². The van der Waals surface area contributed by atoms with E-state index in [2.05, 4.69) is 28.6 Å². The van der Waals surface area contributed by atoms with E-state index < -0.39 is 5.54 Å². The molecule has 2 amide bonds. The van der Waals surface area contributed by atoms with E-state index in [-0.39, 0.29) is 22.4 Å². The van der Waals surface area contributed by atoms with E-state index in [9.17, 15) is 9.59 Å². The predicted octanol–water partition coefficient (Wildman–Crippen LogP) is 4.21. The Kier molecular flexibility index (Phi) is 8.38. The molecular weight excluding hydrogens is 317 g/mol. The van der Waals surface area contributed by atoms with Crippen molar-refractivity contribution in [2.75, 3.05) is 5.75 Å². The monoisotopic (exact) mass is 353 g/mol. The fourth-order valence-electron chi connectivity index (χ4n) is 3.86. The maximum Gasteiger partial charge on any atom is 0.243 e. The lowest BCUT2D eigenvalue weighted by atomic mass is 9.65. The average Bonchev–Trinajstić information content (AvgIpc) is 2.70. The lowest BCUT2D eigenvalue weighted by Gasteiger charge is -2.39. The number of unbranched alkanes of at least 4 members (excludes halogenated alkanes) is 5. The standard InChI is InChI=1S/C19H36BNO2S/c1-6-7-8-9-10-11-12-24-15-13-16(22)21(17(15)23)19(4,5)14-18(2,3)20/h15H,6-14,20H2,1-5H3. The number of rotatable bonds is 11. The van der Waals surface area contributed by atoms with Crippen LogP contribution in [0.15, 0.2) is 0 Å². The summed E-state index contributed by atoms with van der Waals surface area (Å²) in [5, 5.41) is -0.0688. The highest BCUT2D eigenvalue weighted by atomic mass is 32.2. The first-order chi connectivity index (χ1) is 11.1.